The first-order chi connectivity index (χ1) is 8.59. The number of hydrogen-bond donors (Lipinski definition) is 0. The summed E-state index contributed by atoms with van der Waals surface area (Å²) in [7, 11) is 4.38. The van der Waals surface area contributed by atoms with Crippen molar-refractivity contribution in [3.05, 3.63) is 39.6 Å². The van der Waals surface area contributed by atoms with Gasteiger partial charge in [-0.15, -0.1) is 12.4 Å². The fourth-order valence-corrected chi connectivity index (χ4v) is 3.64. The predicted molar refractivity (Wildman–Crippen MR) is 86.4 cm³/mol. The fourth-order valence-electron chi connectivity index (χ4n) is 3.30. The summed E-state index contributed by atoms with van der Waals surface area (Å²) in [6.45, 7) is 2.27. The van der Waals surface area contributed by atoms with Gasteiger partial charge in [-0.25, -0.2) is 0 Å². The van der Waals surface area contributed by atoms with E-state index in [1.807, 2.05) is 0 Å². The fraction of sp³-hybridized carbons (Fsp3) is 0.467. The van der Waals surface area contributed by atoms with Crippen molar-refractivity contribution in [3.8, 4) is 0 Å². The van der Waals surface area contributed by atoms with E-state index in [1.165, 1.54) is 36.0 Å². The molecule has 3 rings (SSSR count). The van der Waals surface area contributed by atoms with Crippen molar-refractivity contribution < 1.29 is 0 Å². The molecule has 2 aromatic heterocycles. The Morgan fingerprint density at radius 1 is 1.37 bits per heavy atom. The highest BCUT2D eigenvalue weighted by Gasteiger charge is 2.27. The number of fused-ring (bicyclic) bond motifs is 3. The van der Waals surface area contributed by atoms with Gasteiger partial charge in [0.1, 0.15) is 0 Å². The van der Waals surface area contributed by atoms with Crippen molar-refractivity contribution in [1.29, 1.82) is 0 Å². The monoisotopic (exact) mass is 342 g/mol. The Morgan fingerprint density at radius 3 is 2.79 bits per heavy atom. The number of hydrogen-bond acceptors (Lipinski definition) is 1. The molecule has 1 unspecified atom stereocenters. The van der Waals surface area contributed by atoms with E-state index in [0.717, 1.165) is 4.47 Å². The zero-order chi connectivity index (χ0) is 12.9. The van der Waals surface area contributed by atoms with Crippen molar-refractivity contribution in [3.63, 3.8) is 0 Å². The van der Waals surface area contributed by atoms with E-state index in [9.17, 15) is 0 Å². The Kier molecular flexibility index (Phi) is 4.29. The Balaban J connectivity index is 0.00000133. The number of nitrogens with zero attached hydrogens (tertiary/aromatic N) is 2. The number of aromatic nitrogens is 1. The molecule has 0 aromatic carbocycles. The van der Waals surface area contributed by atoms with Gasteiger partial charge in [0, 0.05) is 27.9 Å². The van der Waals surface area contributed by atoms with Crippen LogP contribution in [0.25, 0.3) is 5.52 Å². The average molecular weight is 344 g/mol. The summed E-state index contributed by atoms with van der Waals surface area (Å²) in [5.74, 6) is 0. The van der Waals surface area contributed by atoms with Crippen LogP contribution < -0.4 is 0 Å². The average Bonchev–Trinajstić information content (AvgIpc) is 2.63. The molecule has 0 saturated heterocycles. The van der Waals surface area contributed by atoms with Gasteiger partial charge in [0.25, 0.3) is 0 Å². The molecule has 0 aliphatic heterocycles. The van der Waals surface area contributed by atoms with E-state index in [1.54, 1.807) is 5.56 Å². The lowest BCUT2D eigenvalue weighted by atomic mass is 9.89. The zero-order valence-electron chi connectivity index (χ0n) is 11.6. The summed E-state index contributed by atoms with van der Waals surface area (Å²) in [6, 6.07) is 4.94. The van der Waals surface area contributed by atoms with Gasteiger partial charge in [-0.05, 0) is 63.5 Å². The molecule has 0 bridgehead atoms. The molecule has 1 aliphatic rings. The van der Waals surface area contributed by atoms with Crippen LogP contribution in [0.4, 0.5) is 0 Å². The summed E-state index contributed by atoms with van der Waals surface area (Å²) in [5, 5.41) is 0. The highest BCUT2D eigenvalue weighted by atomic mass is 79.9. The molecule has 2 heterocycles. The maximum Gasteiger partial charge on any atom is 0.0496 e. The van der Waals surface area contributed by atoms with Crippen LogP contribution in [0.15, 0.2) is 22.8 Å². The minimum atomic E-state index is 0. The minimum Gasteiger partial charge on any atom is -0.320 e. The standard InChI is InChI=1S/C15H19BrN2.ClH/c1-10-14-9-11(16)7-8-18(14)13-6-4-5-12(15(10)13)17(2)3;/h7-9,12H,4-6H2,1-3H3;1H. The first-order valence-electron chi connectivity index (χ1n) is 6.55. The molecule has 0 fully saturated rings. The lowest BCUT2D eigenvalue weighted by Crippen LogP contribution is -2.24. The Hall–Kier alpha value is -0.510. The van der Waals surface area contributed by atoms with Crippen molar-refractivity contribution in [1.82, 2.24) is 9.30 Å². The minimum absolute atomic E-state index is 0. The van der Waals surface area contributed by atoms with Gasteiger partial charge in [0.15, 0.2) is 0 Å². The van der Waals surface area contributed by atoms with E-state index < -0.39 is 0 Å². The van der Waals surface area contributed by atoms with Gasteiger partial charge < -0.3 is 9.30 Å². The predicted octanol–water partition coefficient (Wildman–Crippen LogP) is 4.37. The molecule has 4 heteroatoms. The molecule has 2 nitrogen and oxygen atoms in total. The first kappa shape index (κ1) is 14.9. The van der Waals surface area contributed by atoms with E-state index in [0.29, 0.717) is 6.04 Å². The van der Waals surface area contributed by atoms with Crippen LogP contribution in [-0.4, -0.2) is 23.4 Å². The van der Waals surface area contributed by atoms with Crippen molar-refractivity contribution in [2.24, 2.45) is 0 Å². The highest BCUT2D eigenvalue weighted by molar-refractivity contribution is 9.10. The van der Waals surface area contributed by atoms with Crippen LogP contribution in [0.2, 0.25) is 0 Å². The normalized spacial score (nSPS) is 18.5. The van der Waals surface area contributed by atoms with Gasteiger partial charge >= 0.3 is 0 Å². The Labute approximate surface area is 129 Å². The smallest absolute Gasteiger partial charge is 0.0496 e. The second kappa shape index (κ2) is 5.47. The highest BCUT2D eigenvalue weighted by Crippen LogP contribution is 2.38. The lowest BCUT2D eigenvalue weighted by Gasteiger charge is -2.29. The molecule has 0 radical (unpaired) electrons. The van der Waals surface area contributed by atoms with Crippen LogP contribution in [-0.2, 0) is 6.42 Å². The van der Waals surface area contributed by atoms with Crippen LogP contribution in [0.1, 0.15) is 35.7 Å². The molecule has 1 aliphatic carbocycles. The Bertz CT molecular complexity index is 604. The number of halogens is 2. The van der Waals surface area contributed by atoms with Crippen molar-refractivity contribution in [2.75, 3.05) is 14.1 Å². The largest absolute Gasteiger partial charge is 0.320 e. The topological polar surface area (TPSA) is 7.65 Å². The molecular weight excluding hydrogens is 324 g/mol. The maximum absolute atomic E-state index is 3.58. The Morgan fingerprint density at radius 2 is 2.11 bits per heavy atom. The molecule has 0 spiro atoms. The third kappa shape index (κ3) is 2.32. The van der Waals surface area contributed by atoms with Crippen molar-refractivity contribution in [2.45, 2.75) is 32.2 Å². The molecule has 19 heavy (non-hydrogen) atoms. The molecule has 0 saturated carbocycles. The third-order valence-corrected chi connectivity index (χ3v) is 4.65. The third-order valence-electron chi connectivity index (χ3n) is 4.15. The molecular formula is C15H20BrClN2. The van der Waals surface area contributed by atoms with Crippen LogP contribution in [0.5, 0.6) is 0 Å². The van der Waals surface area contributed by atoms with Gasteiger partial charge in [-0.1, -0.05) is 15.9 Å². The molecule has 104 valence electrons. The maximum atomic E-state index is 3.58. The summed E-state index contributed by atoms with van der Waals surface area (Å²) < 4.78 is 3.54. The van der Waals surface area contributed by atoms with Crippen LogP contribution in [0, 0.1) is 6.92 Å². The van der Waals surface area contributed by atoms with Crippen molar-refractivity contribution >= 4 is 33.9 Å². The second-order valence-corrected chi connectivity index (χ2v) is 6.37. The number of pyridine rings is 1. The second-order valence-electron chi connectivity index (χ2n) is 5.46. The van der Waals surface area contributed by atoms with Gasteiger partial charge in [0.2, 0.25) is 0 Å². The molecule has 0 N–H and O–H groups in total. The van der Waals surface area contributed by atoms with Gasteiger partial charge in [-0.2, -0.15) is 0 Å². The van der Waals surface area contributed by atoms with E-state index in [2.05, 4.69) is 64.6 Å². The first-order valence-corrected chi connectivity index (χ1v) is 7.34. The van der Waals surface area contributed by atoms with Crippen LogP contribution in [0.3, 0.4) is 0 Å². The number of aryl methyl sites for hydroxylation is 2. The quantitative estimate of drug-likeness (QED) is 0.746. The summed E-state index contributed by atoms with van der Waals surface area (Å²) >= 11 is 3.58. The molecule has 1 atom stereocenters. The number of rotatable bonds is 1. The molecule has 0 amide bonds. The van der Waals surface area contributed by atoms with Gasteiger partial charge in [0.05, 0.1) is 0 Å². The summed E-state index contributed by atoms with van der Waals surface area (Å²) in [6.07, 6.45) is 5.97. The van der Waals surface area contributed by atoms with E-state index >= 15 is 0 Å². The van der Waals surface area contributed by atoms with Crippen LogP contribution >= 0.6 is 28.3 Å². The van der Waals surface area contributed by atoms with Gasteiger partial charge in [-0.3, -0.25) is 0 Å². The van der Waals surface area contributed by atoms with E-state index in [4.69, 9.17) is 0 Å². The zero-order valence-corrected chi connectivity index (χ0v) is 14.0. The van der Waals surface area contributed by atoms with E-state index in [-0.39, 0.29) is 12.4 Å². The summed E-state index contributed by atoms with van der Waals surface area (Å²) in [4.78, 5) is 2.36. The molecule has 2 aromatic rings. The SMILES string of the molecule is Cc1c2c(n3ccc(Br)cc13)CCCC2N(C)C.Cl. The summed E-state index contributed by atoms with van der Waals surface area (Å²) in [5.41, 5.74) is 5.87. The lowest BCUT2D eigenvalue weighted by molar-refractivity contribution is 0.267.